The van der Waals surface area contributed by atoms with E-state index in [0.29, 0.717) is 18.0 Å². The van der Waals surface area contributed by atoms with Gasteiger partial charge in [-0.1, -0.05) is 30.3 Å². The third kappa shape index (κ3) is 7.30. The van der Waals surface area contributed by atoms with Crippen LogP contribution in [0.1, 0.15) is 35.9 Å². The Morgan fingerprint density at radius 1 is 1.00 bits per heavy atom. The number of nitro groups is 1. The van der Waals surface area contributed by atoms with Gasteiger partial charge in [-0.05, 0) is 55.8 Å². The zero-order valence-corrected chi connectivity index (χ0v) is 21.8. The average Bonchev–Trinajstić information content (AvgIpc) is 3.35. The molecule has 10 heteroatoms. The molecule has 0 N–H and O–H groups in total. The van der Waals surface area contributed by atoms with Crippen LogP contribution < -0.4 is 4.74 Å². The Hall–Kier alpha value is -3.95. The van der Waals surface area contributed by atoms with E-state index in [4.69, 9.17) is 9.47 Å². The third-order valence-electron chi connectivity index (χ3n) is 5.76. The number of Topliss-reactive ketones (excluding diaryl/α,β-unsaturated/α-hetero) is 1. The van der Waals surface area contributed by atoms with Crippen molar-refractivity contribution >= 4 is 23.9 Å². The predicted molar refractivity (Wildman–Crippen MR) is 143 cm³/mol. The Kier molecular flexibility index (Phi) is 9.81. The molecule has 3 aromatic rings. The summed E-state index contributed by atoms with van der Waals surface area (Å²) in [5.74, 6) is -0.0599. The van der Waals surface area contributed by atoms with Gasteiger partial charge in [0.1, 0.15) is 11.6 Å². The summed E-state index contributed by atoms with van der Waals surface area (Å²) in [7, 11) is 0. The van der Waals surface area contributed by atoms with E-state index in [9.17, 15) is 19.3 Å². The lowest BCUT2D eigenvalue weighted by atomic mass is 10.1. The molecule has 4 rings (SSSR count). The number of carbonyl (C=O) groups is 1. The van der Waals surface area contributed by atoms with Crippen molar-refractivity contribution in [2.45, 2.75) is 32.3 Å². The molecule has 0 spiro atoms. The number of rotatable bonds is 11. The number of halogens is 2. The highest BCUT2D eigenvalue weighted by Crippen LogP contribution is 2.32. The van der Waals surface area contributed by atoms with Gasteiger partial charge in [0.25, 0.3) is 5.69 Å². The number of ether oxygens (including phenoxy) is 2. The molecule has 38 heavy (non-hydrogen) atoms. The van der Waals surface area contributed by atoms with E-state index in [1.54, 1.807) is 12.1 Å². The summed E-state index contributed by atoms with van der Waals surface area (Å²) < 4.78 is 25.9. The molecule has 1 heterocycles. The van der Waals surface area contributed by atoms with E-state index < -0.39 is 23.1 Å². The summed E-state index contributed by atoms with van der Waals surface area (Å²) in [6.07, 6.45) is 2.37. The molecule has 0 radical (unpaired) electrons. The van der Waals surface area contributed by atoms with Gasteiger partial charge in [-0.25, -0.2) is 4.39 Å². The molecule has 3 aromatic carbocycles. The number of hydrogen-bond donors (Lipinski definition) is 0. The summed E-state index contributed by atoms with van der Waals surface area (Å²) in [4.78, 5) is 27.1. The quantitative estimate of drug-likeness (QED) is 0.168. The maximum absolute atomic E-state index is 13.2. The molecule has 0 saturated heterocycles. The lowest BCUT2D eigenvalue weighted by Gasteiger charge is -2.36. The number of nitro benzene ring substituents is 1. The van der Waals surface area contributed by atoms with Gasteiger partial charge in [0.05, 0.1) is 24.2 Å². The molecule has 0 aromatic heterocycles. The molecule has 1 aliphatic heterocycles. The number of carbonyl (C=O) groups excluding carboxylic acids is 1. The standard InChI is InChI=1S/C28H28FN3O5.ClH/c1-20(2)36-28(31-17-16-30(19-31)18-26(33)21-8-10-23(29)11-9-21)27(22-6-4-3-5-7-22)37-25-14-12-24(13-15-25)32(34)35;/h3-17,20,27-28H,18-19H2,1-2H3;1H. The first-order chi connectivity index (χ1) is 17.8. The van der Waals surface area contributed by atoms with Crippen LogP contribution in [0.25, 0.3) is 0 Å². The summed E-state index contributed by atoms with van der Waals surface area (Å²) in [6, 6.07) is 21.0. The van der Waals surface area contributed by atoms with Crippen LogP contribution in [0, 0.1) is 15.9 Å². The lowest BCUT2D eigenvalue weighted by molar-refractivity contribution is -0.384. The normalized spacial score (nSPS) is 14.2. The van der Waals surface area contributed by atoms with Crippen molar-refractivity contribution in [2.24, 2.45) is 0 Å². The molecule has 0 aliphatic carbocycles. The highest BCUT2D eigenvalue weighted by molar-refractivity contribution is 5.97. The second kappa shape index (κ2) is 13.0. The minimum Gasteiger partial charge on any atom is -0.481 e. The molecule has 2 atom stereocenters. The second-order valence-corrected chi connectivity index (χ2v) is 8.91. The van der Waals surface area contributed by atoms with E-state index in [1.807, 2.05) is 66.4 Å². The van der Waals surface area contributed by atoms with Crippen molar-refractivity contribution in [2.75, 3.05) is 13.2 Å². The topological polar surface area (TPSA) is 85.1 Å². The van der Waals surface area contributed by atoms with Crippen molar-refractivity contribution < 1.29 is 23.6 Å². The van der Waals surface area contributed by atoms with Crippen LogP contribution in [0.5, 0.6) is 5.75 Å². The lowest BCUT2D eigenvalue weighted by Crippen LogP contribution is -2.44. The van der Waals surface area contributed by atoms with E-state index in [-0.39, 0.29) is 36.5 Å². The van der Waals surface area contributed by atoms with Gasteiger partial charge in [0.2, 0.25) is 0 Å². The van der Waals surface area contributed by atoms with Gasteiger partial charge in [-0.3, -0.25) is 14.9 Å². The first kappa shape index (κ1) is 28.6. The van der Waals surface area contributed by atoms with Crippen LogP contribution in [0.15, 0.2) is 91.3 Å². The molecule has 0 fully saturated rings. The highest BCUT2D eigenvalue weighted by Gasteiger charge is 2.34. The monoisotopic (exact) mass is 541 g/mol. The van der Waals surface area contributed by atoms with Gasteiger partial charge in [0, 0.05) is 30.1 Å². The van der Waals surface area contributed by atoms with Crippen LogP contribution in [0.2, 0.25) is 0 Å². The number of nitrogens with zero attached hydrogens (tertiary/aromatic N) is 3. The van der Waals surface area contributed by atoms with Crippen LogP contribution >= 0.6 is 12.4 Å². The van der Waals surface area contributed by atoms with Crippen LogP contribution in [0.4, 0.5) is 10.1 Å². The molecule has 2 unspecified atom stereocenters. The van der Waals surface area contributed by atoms with Gasteiger partial charge in [-0.15, -0.1) is 12.4 Å². The van der Waals surface area contributed by atoms with Gasteiger partial charge >= 0.3 is 0 Å². The second-order valence-electron chi connectivity index (χ2n) is 8.91. The van der Waals surface area contributed by atoms with Crippen LogP contribution in [0.3, 0.4) is 0 Å². The number of benzene rings is 3. The molecule has 200 valence electrons. The van der Waals surface area contributed by atoms with Gasteiger partial charge < -0.3 is 19.3 Å². The fraction of sp³-hybridized carbons (Fsp3) is 0.250. The summed E-state index contributed by atoms with van der Waals surface area (Å²) >= 11 is 0. The first-order valence-corrected chi connectivity index (χ1v) is 11.9. The fourth-order valence-electron chi connectivity index (χ4n) is 3.99. The Labute approximate surface area is 226 Å². The molecule has 0 amide bonds. The zero-order chi connectivity index (χ0) is 26.4. The maximum atomic E-state index is 13.2. The largest absolute Gasteiger partial charge is 0.481 e. The predicted octanol–water partition coefficient (Wildman–Crippen LogP) is 5.96. The van der Waals surface area contributed by atoms with Gasteiger partial charge in [-0.2, -0.15) is 0 Å². The number of ketones is 1. The van der Waals surface area contributed by atoms with Crippen molar-refractivity contribution in [1.82, 2.24) is 9.80 Å². The summed E-state index contributed by atoms with van der Waals surface area (Å²) in [5, 5.41) is 11.1. The smallest absolute Gasteiger partial charge is 0.269 e. The van der Waals surface area contributed by atoms with Crippen LogP contribution in [-0.2, 0) is 4.74 Å². The Morgan fingerprint density at radius 3 is 2.26 bits per heavy atom. The minimum atomic E-state index is -0.581. The molecule has 0 saturated carbocycles. The highest BCUT2D eigenvalue weighted by atomic mass is 35.5. The van der Waals surface area contributed by atoms with Crippen molar-refractivity contribution in [3.05, 3.63) is 118 Å². The Balaban J connectivity index is 0.00000400. The van der Waals surface area contributed by atoms with E-state index >= 15 is 0 Å². The van der Waals surface area contributed by atoms with E-state index in [2.05, 4.69) is 0 Å². The van der Waals surface area contributed by atoms with E-state index in [1.165, 1.54) is 36.4 Å². The number of hydrogen-bond acceptors (Lipinski definition) is 7. The fourth-order valence-corrected chi connectivity index (χ4v) is 3.99. The maximum Gasteiger partial charge on any atom is 0.269 e. The molecule has 1 aliphatic rings. The van der Waals surface area contributed by atoms with Crippen molar-refractivity contribution in [3.63, 3.8) is 0 Å². The zero-order valence-electron chi connectivity index (χ0n) is 21.0. The summed E-state index contributed by atoms with van der Waals surface area (Å²) in [5.41, 5.74) is 1.27. The average molecular weight is 542 g/mol. The van der Waals surface area contributed by atoms with Gasteiger partial charge in [0.15, 0.2) is 18.1 Å². The van der Waals surface area contributed by atoms with Crippen molar-refractivity contribution in [1.29, 1.82) is 0 Å². The number of non-ortho nitro benzene ring substituents is 1. The minimum absolute atomic E-state index is 0. The SMILES string of the molecule is CC(C)OC(C(Oc1ccc([N+](=O)[O-])cc1)c1ccccc1)N1C=CN(CC(=O)c2ccc(F)cc2)C1.Cl. The van der Waals surface area contributed by atoms with Crippen molar-refractivity contribution in [3.8, 4) is 5.75 Å². The van der Waals surface area contributed by atoms with Crippen LogP contribution in [-0.4, -0.2) is 46.1 Å². The first-order valence-electron chi connectivity index (χ1n) is 11.9. The Bertz CT molecular complexity index is 1240. The third-order valence-corrected chi connectivity index (χ3v) is 5.76. The molecule has 0 bridgehead atoms. The molecular weight excluding hydrogens is 513 g/mol. The summed E-state index contributed by atoms with van der Waals surface area (Å²) in [6.45, 7) is 4.34. The Morgan fingerprint density at radius 2 is 1.66 bits per heavy atom. The van der Waals surface area contributed by atoms with E-state index in [0.717, 1.165) is 5.56 Å². The molecular formula is C28H29ClFN3O5. The molecule has 8 nitrogen and oxygen atoms in total.